The zero-order valence-corrected chi connectivity index (χ0v) is 19.5. The number of nitrogens with zero attached hydrogens (tertiary/aromatic N) is 2. The van der Waals surface area contributed by atoms with Crippen LogP contribution >= 0.6 is 0 Å². The number of fused-ring (bicyclic) bond motifs is 5. The van der Waals surface area contributed by atoms with Gasteiger partial charge in [0.1, 0.15) is 17.0 Å². The fourth-order valence-electron chi connectivity index (χ4n) is 4.93. The molecule has 0 atom stereocenters. The average molecular weight is 463 g/mol. The monoisotopic (exact) mass is 462 g/mol. The molecular weight excluding hydrogens is 440 g/mol. The standard InChI is InChI=1S/C33H22N2O/c1-3-9-23(10-4-1)24-15-18-27(19-16-24)35(26-12-5-2-6-13-26)32-21-31-30(22-34-32)29-20-17-25-11-7-8-14-28(25)33(29)36-31/h1-22H. The van der Waals surface area contributed by atoms with Crippen molar-refractivity contribution >= 4 is 49.9 Å². The third-order valence-corrected chi connectivity index (χ3v) is 6.71. The molecule has 0 saturated carbocycles. The second-order valence-corrected chi connectivity index (χ2v) is 8.89. The van der Waals surface area contributed by atoms with Crippen molar-refractivity contribution in [3.63, 3.8) is 0 Å². The van der Waals surface area contributed by atoms with Crippen LogP contribution in [0.4, 0.5) is 17.2 Å². The quantitative estimate of drug-likeness (QED) is 0.261. The Hall–Kier alpha value is -4.89. The molecular formula is C33H22N2O. The lowest BCUT2D eigenvalue weighted by atomic mass is 10.1. The Morgan fingerprint density at radius 1 is 0.528 bits per heavy atom. The molecule has 2 aromatic heterocycles. The summed E-state index contributed by atoms with van der Waals surface area (Å²) in [5, 5.41) is 4.39. The van der Waals surface area contributed by atoms with E-state index in [4.69, 9.17) is 9.40 Å². The van der Waals surface area contributed by atoms with Gasteiger partial charge in [-0.15, -0.1) is 0 Å². The molecule has 3 nitrogen and oxygen atoms in total. The first-order valence-corrected chi connectivity index (χ1v) is 12.1. The molecule has 0 N–H and O–H groups in total. The highest BCUT2D eigenvalue weighted by Crippen LogP contribution is 2.39. The maximum atomic E-state index is 6.44. The van der Waals surface area contributed by atoms with Gasteiger partial charge in [-0.2, -0.15) is 0 Å². The zero-order valence-electron chi connectivity index (χ0n) is 19.5. The summed E-state index contributed by atoms with van der Waals surface area (Å²) in [6.07, 6.45) is 1.93. The van der Waals surface area contributed by atoms with Gasteiger partial charge in [-0.05, 0) is 46.8 Å². The third-order valence-electron chi connectivity index (χ3n) is 6.71. The molecule has 0 aliphatic heterocycles. The largest absolute Gasteiger partial charge is 0.455 e. The SMILES string of the molecule is c1ccc(-c2ccc(N(c3ccccc3)c3cc4oc5c6ccccc6ccc5c4cn3)cc2)cc1. The van der Waals surface area contributed by atoms with Gasteiger partial charge in [0.05, 0.1) is 0 Å². The van der Waals surface area contributed by atoms with E-state index in [1.165, 1.54) is 16.5 Å². The first-order valence-electron chi connectivity index (χ1n) is 12.1. The van der Waals surface area contributed by atoms with E-state index in [1.807, 2.05) is 36.5 Å². The van der Waals surface area contributed by atoms with E-state index in [0.717, 1.165) is 44.5 Å². The van der Waals surface area contributed by atoms with Gasteiger partial charge < -0.3 is 4.42 Å². The normalized spacial score (nSPS) is 11.3. The summed E-state index contributed by atoms with van der Waals surface area (Å²) in [5.41, 5.74) is 6.19. The Labute approximate surface area is 208 Å². The van der Waals surface area contributed by atoms with E-state index in [2.05, 4.69) is 102 Å². The number of pyridine rings is 1. The smallest absolute Gasteiger partial charge is 0.143 e. The number of benzene rings is 5. The van der Waals surface area contributed by atoms with Gasteiger partial charge >= 0.3 is 0 Å². The van der Waals surface area contributed by atoms with Crippen LogP contribution in [0.25, 0.3) is 43.8 Å². The van der Waals surface area contributed by atoms with E-state index < -0.39 is 0 Å². The van der Waals surface area contributed by atoms with Crippen molar-refractivity contribution in [2.75, 3.05) is 4.90 Å². The molecule has 0 fully saturated rings. The minimum absolute atomic E-state index is 0.810. The highest BCUT2D eigenvalue weighted by molar-refractivity contribution is 6.15. The molecule has 0 aliphatic carbocycles. The minimum atomic E-state index is 0.810. The average Bonchev–Trinajstić information content (AvgIpc) is 3.33. The molecule has 7 aromatic rings. The number of para-hydroxylation sites is 1. The topological polar surface area (TPSA) is 29.3 Å². The van der Waals surface area contributed by atoms with Gasteiger partial charge in [-0.1, -0.05) is 91.0 Å². The zero-order chi connectivity index (χ0) is 23.9. The summed E-state index contributed by atoms with van der Waals surface area (Å²) >= 11 is 0. The van der Waals surface area contributed by atoms with Crippen LogP contribution in [0.15, 0.2) is 138 Å². The van der Waals surface area contributed by atoms with Gasteiger partial charge in [-0.3, -0.25) is 4.90 Å². The van der Waals surface area contributed by atoms with Gasteiger partial charge in [0.25, 0.3) is 0 Å². The molecule has 3 heteroatoms. The molecule has 0 radical (unpaired) electrons. The molecule has 0 aliphatic rings. The molecule has 0 unspecified atom stereocenters. The third kappa shape index (κ3) is 3.41. The molecule has 0 amide bonds. The van der Waals surface area contributed by atoms with E-state index in [0.29, 0.717) is 0 Å². The number of hydrogen-bond acceptors (Lipinski definition) is 3. The Bertz CT molecular complexity index is 1820. The minimum Gasteiger partial charge on any atom is -0.455 e. The predicted molar refractivity (Wildman–Crippen MR) is 149 cm³/mol. The van der Waals surface area contributed by atoms with Crippen molar-refractivity contribution in [3.8, 4) is 11.1 Å². The molecule has 2 heterocycles. The highest BCUT2D eigenvalue weighted by Gasteiger charge is 2.17. The lowest BCUT2D eigenvalue weighted by Crippen LogP contribution is -2.11. The summed E-state index contributed by atoms with van der Waals surface area (Å²) in [4.78, 5) is 7.08. The van der Waals surface area contributed by atoms with E-state index in [9.17, 15) is 0 Å². The van der Waals surface area contributed by atoms with Crippen molar-refractivity contribution in [1.82, 2.24) is 4.98 Å². The fraction of sp³-hybridized carbons (Fsp3) is 0. The van der Waals surface area contributed by atoms with Crippen molar-refractivity contribution < 1.29 is 4.42 Å². The number of hydrogen-bond donors (Lipinski definition) is 0. The second kappa shape index (κ2) is 8.40. The highest BCUT2D eigenvalue weighted by atomic mass is 16.3. The summed E-state index contributed by atoms with van der Waals surface area (Å²) in [7, 11) is 0. The number of anilines is 3. The molecule has 0 bridgehead atoms. The molecule has 36 heavy (non-hydrogen) atoms. The van der Waals surface area contributed by atoms with Crippen molar-refractivity contribution in [2.24, 2.45) is 0 Å². The van der Waals surface area contributed by atoms with Gasteiger partial charge in [0.2, 0.25) is 0 Å². The Kier molecular flexibility index (Phi) is 4.78. The van der Waals surface area contributed by atoms with Crippen LogP contribution in [0, 0.1) is 0 Å². The Balaban J connectivity index is 1.38. The summed E-state index contributed by atoms with van der Waals surface area (Å²) in [6.45, 7) is 0. The van der Waals surface area contributed by atoms with Crippen LogP contribution in [0.2, 0.25) is 0 Å². The van der Waals surface area contributed by atoms with Gasteiger partial charge in [0.15, 0.2) is 0 Å². The summed E-state index contributed by atoms with van der Waals surface area (Å²) in [6, 6.07) is 44.0. The second-order valence-electron chi connectivity index (χ2n) is 8.89. The van der Waals surface area contributed by atoms with Crippen LogP contribution < -0.4 is 4.90 Å². The lowest BCUT2D eigenvalue weighted by Gasteiger charge is -2.24. The van der Waals surface area contributed by atoms with E-state index in [1.54, 1.807) is 0 Å². The number of aromatic nitrogens is 1. The first-order chi connectivity index (χ1) is 17.8. The number of rotatable bonds is 4. The van der Waals surface area contributed by atoms with E-state index >= 15 is 0 Å². The fourth-order valence-corrected chi connectivity index (χ4v) is 4.93. The first kappa shape index (κ1) is 20.5. The molecule has 170 valence electrons. The van der Waals surface area contributed by atoms with Gasteiger partial charge in [0, 0.05) is 39.8 Å². The maximum absolute atomic E-state index is 6.44. The summed E-state index contributed by atoms with van der Waals surface area (Å²) < 4.78 is 6.44. The van der Waals surface area contributed by atoms with Crippen molar-refractivity contribution in [2.45, 2.75) is 0 Å². The van der Waals surface area contributed by atoms with E-state index in [-0.39, 0.29) is 0 Å². The summed E-state index contributed by atoms with van der Waals surface area (Å²) in [5.74, 6) is 0.810. The van der Waals surface area contributed by atoms with Crippen LogP contribution in [0.5, 0.6) is 0 Å². The van der Waals surface area contributed by atoms with Crippen LogP contribution in [-0.2, 0) is 0 Å². The van der Waals surface area contributed by atoms with Crippen molar-refractivity contribution in [3.05, 3.63) is 134 Å². The molecule has 0 spiro atoms. The maximum Gasteiger partial charge on any atom is 0.143 e. The van der Waals surface area contributed by atoms with Crippen molar-refractivity contribution in [1.29, 1.82) is 0 Å². The lowest BCUT2D eigenvalue weighted by molar-refractivity contribution is 0.672. The Morgan fingerprint density at radius 3 is 2.00 bits per heavy atom. The van der Waals surface area contributed by atoms with Crippen LogP contribution in [0.1, 0.15) is 0 Å². The number of furan rings is 1. The molecule has 7 rings (SSSR count). The molecule has 5 aromatic carbocycles. The van der Waals surface area contributed by atoms with Crippen LogP contribution in [-0.4, -0.2) is 4.98 Å². The molecule has 0 saturated heterocycles. The predicted octanol–water partition coefficient (Wildman–Crippen LogP) is 9.27. The van der Waals surface area contributed by atoms with Gasteiger partial charge in [-0.25, -0.2) is 4.98 Å². The Morgan fingerprint density at radius 2 is 1.19 bits per heavy atom. The van der Waals surface area contributed by atoms with Crippen LogP contribution in [0.3, 0.4) is 0 Å².